The van der Waals surface area contributed by atoms with Crippen molar-refractivity contribution in [3.05, 3.63) is 0 Å². The lowest BCUT2D eigenvalue weighted by atomic mass is 9.88. The Labute approximate surface area is 63.8 Å². The van der Waals surface area contributed by atoms with Gasteiger partial charge in [0.1, 0.15) is 0 Å². The molecule has 11 heavy (non-hydrogen) atoms. The molecule has 0 spiro atoms. The predicted molar refractivity (Wildman–Crippen MR) is 35.0 cm³/mol. The van der Waals surface area contributed by atoms with E-state index in [9.17, 15) is 13.2 Å². The summed E-state index contributed by atoms with van der Waals surface area (Å²) in [5, 5.41) is 0. The molecule has 0 aromatic carbocycles. The summed E-state index contributed by atoms with van der Waals surface area (Å²) < 4.78 is 36.7. The first-order valence-electron chi connectivity index (χ1n) is 4.14. The summed E-state index contributed by atoms with van der Waals surface area (Å²) in [6.07, 6.45) is -0.815. The summed E-state index contributed by atoms with van der Waals surface area (Å²) in [7, 11) is 0. The van der Waals surface area contributed by atoms with Gasteiger partial charge in [0, 0.05) is 0 Å². The highest BCUT2D eigenvalue weighted by Gasteiger charge is 2.52. The number of hydrogen-bond acceptors (Lipinski definition) is 0. The molecule has 2 rings (SSSR count). The lowest BCUT2D eigenvalue weighted by molar-refractivity contribution is -0.186. The van der Waals surface area contributed by atoms with Crippen molar-refractivity contribution in [2.45, 2.75) is 31.9 Å². The number of alkyl halides is 3. The van der Waals surface area contributed by atoms with Crippen LogP contribution < -0.4 is 0 Å². The van der Waals surface area contributed by atoms with Gasteiger partial charge in [0.25, 0.3) is 0 Å². The van der Waals surface area contributed by atoms with Gasteiger partial charge in [-0.25, -0.2) is 0 Å². The number of halogens is 3. The number of rotatable bonds is 0. The Hall–Kier alpha value is -0.210. The molecule has 0 nitrogen and oxygen atoms in total. The Bertz CT molecular complexity index is 161. The van der Waals surface area contributed by atoms with Crippen LogP contribution in [-0.2, 0) is 0 Å². The van der Waals surface area contributed by atoms with E-state index < -0.39 is 12.1 Å². The van der Waals surface area contributed by atoms with Crippen molar-refractivity contribution in [3.8, 4) is 0 Å². The van der Waals surface area contributed by atoms with Gasteiger partial charge in [0.2, 0.25) is 0 Å². The van der Waals surface area contributed by atoms with Gasteiger partial charge >= 0.3 is 6.18 Å². The Morgan fingerprint density at radius 3 is 2.00 bits per heavy atom. The van der Waals surface area contributed by atoms with Crippen molar-refractivity contribution in [3.63, 3.8) is 0 Å². The molecule has 0 aromatic rings. The molecule has 0 amide bonds. The van der Waals surface area contributed by atoms with E-state index in [0.29, 0.717) is 12.3 Å². The quantitative estimate of drug-likeness (QED) is 0.516. The van der Waals surface area contributed by atoms with Gasteiger partial charge in [0.15, 0.2) is 0 Å². The summed E-state index contributed by atoms with van der Waals surface area (Å²) in [6, 6.07) is 0. The second-order valence-electron chi connectivity index (χ2n) is 3.82. The van der Waals surface area contributed by atoms with Crippen LogP contribution in [0.1, 0.15) is 25.7 Å². The van der Waals surface area contributed by atoms with Gasteiger partial charge in [-0.3, -0.25) is 0 Å². The van der Waals surface area contributed by atoms with E-state index in [1.807, 2.05) is 0 Å². The minimum absolute atomic E-state index is 0.0278. The lowest BCUT2D eigenvalue weighted by Crippen LogP contribution is -2.27. The van der Waals surface area contributed by atoms with Crippen molar-refractivity contribution in [1.29, 1.82) is 0 Å². The van der Waals surface area contributed by atoms with Gasteiger partial charge in [0.05, 0.1) is 5.92 Å². The molecule has 0 aliphatic heterocycles. The third kappa shape index (κ3) is 1.14. The highest BCUT2D eigenvalue weighted by Crippen LogP contribution is 2.53. The Morgan fingerprint density at radius 2 is 1.73 bits per heavy atom. The molecule has 64 valence electrons. The lowest BCUT2D eigenvalue weighted by Gasteiger charge is -2.23. The fourth-order valence-electron chi connectivity index (χ4n) is 2.65. The van der Waals surface area contributed by atoms with Gasteiger partial charge < -0.3 is 0 Å². The molecular formula is C8H11F3. The highest BCUT2D eigenvalue weighted by molar-refractivity contribution is 4.92. The minimum Gasteiger partial charge on any atom is -0.171 e. The molecule has 0 N–H and O–H groups in total. The van der Waals surface area contributed by atoms with Crippen molar-refractivity contribution < 1.29 is 13.2 Å². The predicted octanol–water partition coefficient (Wildman–Crippen LogP) is 2.98. The fourth-order valence-corrected chi connectivity index (χ4v) is 2.65. The second-order valence-corrected chi connectivity index (χ2v) is 3.82. The zero-order chi connectivity index (χ0) is 8.06. The molecule has 2 fully saturated rings. The Kier molecular flexibility index (Phi) is 1.45. The van der Waals surface area contributed by atoms with Crippen LogP contribution in [0.15, 0.2) is 0 Å². The van der Waals surface area contributed by atoms with Crippen molar-refractivity contribution in [2.24, 2.45) is 17.8 Å². The van der Waals surface area contributed by atoms with Crippen LogP contribution in [0.4, 0.5) is 13.2 Å². The molecule has 2 saturated carbocycles. The molecular weight excluding hydrogens is 153 g/mol. The molecule has 0 heterocycles. The third-order valence-electron chi connectivity index (χ3n) is 3.16. The van der Waals surface area contributed by atoms with E-state index in [2.05, 4.69) is 0 Å². The van der Waals surface area contributed by atoms with Gasteiger partial charge in [-0.15, -0.1) is 0 Å². The molecule has 0 saturated heterocycles. The number of fused-ring (bicyclic) bond motifs is 2. The fraction of sp³-hybridized carbons (Fsp3) is 1.00. The molecule has 3 heteroatoms. The zero-order valence-corrected chi connectivity index (χ0v) is 6.19. The average molecular weight is 164 g/mol. The smallest absolute Gasteiger partial charge is 0.171 e. The number of hydrogen-bond donors (Lipinski definition) is 0. The van der Waals surface area contributed by atoms with Gasteiger partial charge in [-0.1, -0.05) is 6.42 Å². The van der Waals surface area contributed by atoms with Gasteiger partial charge in [-0.05, 0) is 31.1 Å². The largest absolute Gasteiger partial charge is 0.392 e. The van der Waals surface area contributed by atoms with Crippen LogP contribution in [0.3, 0.4) is 0 Å². The van der Waals surface area contributed by atoms with E-state index in [4.69, 9.17) is 0 Å². The van der Waals surface area contributed by atoms with Gasteiger partial charge in [-0.2, -0.15) is 13.2 Å². The molecule has 3 unspecified atom stereocenters. The Morgan fingerprint density at radius 1 is 1.00 bits per heavy atom. The van der Waals surface area contributed by atoms with Crippen LogP contribution in [0, 0.1) is 17.8 Å². The molecule has 2 bridgehead atoms. The topological polar surface area (TPSA) is 0 Å². The molecule has 3 atom stereocenters. The minimum atomic E-state index is -3.92. The monoisotopic (exact) mass is 164 g/mol. The summed E-state index contributed by atoms with van der Waals surface area (Å²) in [5.41, 5.74) is 0. The summed E-state index contributed by atoms with van der Waals surface area (Å²) in [6.45, 7) is 0. The normalized spacial score (nSPS) is 43.4. The third-order valence-corrected chi connectivity index (χ3v) is 3.16. The van der Waals surface area contributed by atoms with Crippen molar-refractivity contribution >= 4 is 0 Å². The summed E-state index contributed by atoms with van der Waals surface area (Å²) >= 11 is 0. The first-order chi connectivity index (χ1) is 5.07. The molecule has 0 radical (unpaired) electrons. The zero-order valence-electron chi connectivity index (χ0n) is 6.19. The van der Waals surface area contributed by atoms with Crippen molar-refractivity contribution in [2.75, 3.05) is 0 Å². The standard InChI is InChI=1S/C8H11F3/c9-8(10,11)7-4-5-1-2-6(7)3-5/h5-7H,1-4H2. The van der Waals surface area contributed by atoms with E-state index in [-0.39, 0.29) is 5.92 Å². The maximum absolute atomic E-state index is 12.2. The van der Waals surface area contributed by atoms with E-state index >= 15 is 0 Å². The van der Waals surface area contributed by atoms with Crippen LogP contribution in [-0.4, -0.2) is 6.18 Å². The maximum Gasteiger partial charge on any atom is 0.392 e. The molecule has 0 aromatic heterocycles. The van der Waals surface area contributed by atoms with Crippen LogP contribution in [0.5, 0.6) is 0 Å². The summed E-state index contributed by atoms with van der Waals surface area (Å²) in [5.74, 6) is -0.590. The van der Waals surface area contributed by atoms with Crippen LogP contribution in [0.2, 0.25) is 0 Å². The summed E-state index contributed by atoms with van der Waals surface area (Å²) in [4.78, 5) is 0. The average Bonchev–Trinajstić information content (AvgIpc) is 2.42. The second kappa shape index (κ2) is 2.14. The van der Waals surface area contributed by atoms with E-state index in [0.717, 1.165) is 19.3 Å². The molecule has 2 aliphatic rings. The van der Waals surface area contributed by atoms with Crippen molar-refractivity contribution in [1.82, 2.24) is 0 Å². The van der Waals surface area contributed by atoms with Crippen LogP contribution >= 0.6 is 0 Å². The SMILES string of the molecule is FC(F)(F)C1CC2CCC1C2. The highest BCUT2D eigenvalue weighted by atomic mass is 19.4. The first kappa shape index (κ1) is 7.44. The van der Waals surface area contributed by atoms with E-state index in [1.165, 1.54) is 0 Å². The Balaban J connectivity index is 2.08. The first-order valence-corrected chi connectivity index (χ1v) is 4.14. The molecule has 2 aliphatic carbocycles. The van der Waals surface area contributed by atoms with Crippen LogP contribution in [0.25, 0.3) is 0 Å². The van der Waals surface area contributed by atoms with E-state index in [1.54, 1.807) is 0 Å². The maximum atomic E-state index is 12.2.